The molecule has 0 aliphatic rings. The molecule has 0 aliphatic heterocycles. The van der Waals surface area contributed by atoms with Crippen molar-refractivity contribution in [1.82, 2.24) is 24.5 Å². The number of imidazole rings is 1. The van der Waals surface area contributed by atoms with E-state index < -0.39 is 0 Å². The average molecular weight is 336 g/mol. The van der Waals surface area contributed by atoms with Crippen LogP contribution >= 0.6 is 11.6 Å². The van der Waals surface area contributed by atoms with Gasteiger partial charge in [0, 0.05) is 29.8 Å². The van der Waals surface area contributed by atoms with Crippen LogP contribution in [0.15, 0.2) is 49.1 Å². The van der Waals surface area contributed by atoms with Crippen LogP contribution in [0.4, 0.5) is 0 Å². The molecule has 0 N–H and O–H groups in total. The average Bonchev–Trinajstić information content (AvgIpc) is 2.95. The predicted molar refractivity (Wildman–Crippen MR) is 94.4 cm³/mol. The lowest BCUT2D eigenvalue weighted by Gasteiger charge is -2.10. The van der Waals surface area contributed by atoms with Gasteiger partial charge in [-0.2, -0.15) is 0 Å². The van der Waals surface area contributed by atoms with Crippen LogP contribution in [0, 0.1) is 13.8 Å². The molecular formula is C18H14ClN5. The van der Waals surface area contributed by atoms with E-state index in [0.717, 1.165) is 39.5 Å². The Kier molecular flexibility index (Phi) is 3.50. The van der Waals surface area contributed by atoms with Gasteiger partial charge < -0.3 is 0 Å². The van der Waals surface area contributed by atoms with Crippen molar-refractivity contribution in [3.8, 4) is 17.2 Å². The van der Waals surface area contributed by atoms with Crippen LogP contribution in [0.2, 0.25) is 5.02 Å². The fourth-order valence-corrected chi connectivity index (χ4v) is 2.88. The molecule has 0 atom stereocenters. The second kappa shape index (κ2) is 5.69. The molecule has 4 rings (SSSR count). The van der Waals surface area contributed by atoms with Crippen molar-refractivity contribution in [2.75, 3.05) is 0 Å². The first-order valence-electron chi connectivity index (χ1n) is 7.51. The van der Waals surface area contributed by atoms with E-state index in [-0.39, 0.29) is 0 Å². The third-order valence-electron chi connectivity index (χ3n) is 3.89. The molecule has 118 valence electrons. The standard InChI is InChI=1S/C18H14ClN5/c1-11-7-12(2)21-9-14(11)18-23-15-5-6-20-10-16(15)24(18)17-4-3-13(19)8-22-17/h3-10H,1-2H3. The number of hydrogen-bond acceptors (Lipinski definition) is 4. The zero-order valence-corrected chi connectivity index (χ0v) is 14.0. The fraction of sp³-hybridized carbons (Fsp3) is 0.111. The maximum Gasteiger partial charge on any atom is 0.148 e. The molecule has 0 aromatic carbocycles. The Hall–Kier alpha value is -2.79. The third-order valence-corrected chi connectivity index (χ3v) is 4.11. The summed E-state index contributed by atoms with van der Waals surface area (Å²) in [5.41, 5.74) is 4.80. The quantitative estimate of drug-likeness (QED) is 0.552. The van der Waals surface area contributed by atoms with Gasteiger partial charge in [0.25, 0.3) is 0 Å². The van der Waals surface area contributed by atoms with E-state index in [2.05, 4.69) is 21.9 Å². The molecule has 4 aromatic rings. The van der Waals surface area contributed by atoms with Gasteiger partial charge >= 0.3 is 0 Å². The van der Waals surface area contributed by atoms with Crippen LogP contribution in [-0.4, -0.2) is 24.5 Å². The van der Waals surface area contributed by atoms with Crippen LogP contribution in [0.3, 0.4) is 0 Å². The van der Waals surface area contributed by atoms with Gasteiger partial charge in [-0.3, -0.25) is 14.5 Å². The second-order valence-corrected chi connectivity index (χ2v) is 6.05. The number of hydrogen-bond donors (Lipinski definition) is 0. The number of fused-ring (bicyclic) bond motifs is 1. The largest absolute Gasteiger partial charge is 0.275 e. The highest BCUT2D eigenvalue weighted by Gasteiger charge is 2.17. The Balaban J connectivity index is 2.05. The summed E-state index contributed by atoms with van der Waals surface area (Å²) >= 11 is 5.98. The van der Waals surface area contributed by atoms with E-state index in [1.807, 2.05) is 42.0 Å². The molecule has 4 aromatic heterocycles. The second-order valence-electron chi connectivity index (χ2n) is 5.61. The minimum Gasteiger partial charge on any atom is -0.275 e. The smallest absolute Gasteiger partial charge is 0.148 e. The summed E-state index contributed by atoms with van der Waals surface area (Å²) in [6, 6.07) is 7.63. The monoisotopic (exact) mass is 335 g/mol. The van der Waals surface area contributed by atoms with Crippen LogP contribution in [0.25, 0.3) is 28.2 Å². The fourth-order valence-electron chi connectivity index (χ4n) is 2.77. The van der Waals surface area contributed by atoms with Crippen LogP contribution in [0.1, 0.15) is 11.3 Å². The molecule has 0 unspecified atom stereocenters. The molecule has 0 saturated heterocycles. The minimum atomic E-state index is 0.594. The van der Waals surface area contributed by atoms with Crippen LogP contribution in [-0.2, 0) is 0 Å². The number of rotatable bonds is 2. The molecule has 0 aliphatic carbocycles. The number of pyridine rings is 3. The Morgan fingerprint density at radius 3 is 2.62 bits per heavy atom. The van der Waals surface area contributed by atoms with Gasteiger partial charge in [0.2, 0.25) is 0 Å². The van der Waals surface area contributed by atoms with Crippen molar-refractivity contribution in [2.24, 2.45) is 0 Å². The van der Waals surface area contributed by atoms with E-state index in [9.17, 15) is 0 Å². The summed E-state index contributed by atoms with van der Waals surface area (Å²) in [7, 11) is 0. The SMILES string of the molecule is Cc1cc(C)c(-c2nc3ccncc3n2-c2ccc(Cl)cn2)cn1. The first kappa shape index (κ1) is 14.8. The molecule has 0 fully saturated rings. The highest BCUT2D eigenvalue weighted by molar-refractivity contribution is 6.30. The van der Waals surface area contributed by atoms with E-state index in [1.54, 1.807) is 18.6 Å². The number of aryl methyl sites for hydroxylation is 2. The van der Waals surface area contributed by atoms with Gasteiger partial charge in [-0.1, -0.05) is 11.6 Å². The van der Waals surface area contributed by atoms with Gasteiger partial charge in [-0.05, 0) is 43.7 Å². The van der Waals surface area contributed by atoms with E-state index >= 15 is 0 Å². The summed E-state index contributed by atoms with van der Waals surface area (Å²) in [6.45, 7) is 4.03. The Morgan fingerprint density at radius 1 is 1.00 bits per heavy atom. The van der Waals surface area contributed by atoms with Gasteiger partial charge in [0.05, 0.1) is 22.3 Å². The molecule has 0 radical (unpaired) electrons. The number of aromatic nitrogens is 5. The molecule has 4 heterocycles. The normalized spacial score (nSPS) is 11.1. The molecule has 0 amide bonds. The zero-order valence-electron chi connectivity index (χ0n) is 13.2. The number of halogens is 1. The Bertz CT molecular complexity index is 1040. The van der Waals surface area contributed by atoms with Gasteiger partial charge in [0.1, 0.15) is 11.6 Å². The first-order chi connectivity index (χ1) is 11.6. The van der Waals surface area contributed by atoms with Crippen molar-refractivity contribution in [3.63, 3.8) is 0 Å². The van der Waals surface area contributed by atoms with E-state index in [4.69, 9.17) is 16.6 Å². The van der Waals surface area contributed by atoms with Gasteiger partial charge in [-0.25, -0.2) is 9.97 Å². The van der Waals surface area contributed by atoms with Crippen LogP contribution in [0.5, 0.6) is 0 Å². The van der Waals surface area contributed by atoms with Crippen molar-refractivity contribution in [3.05, 3.63) is 65.3 Å². The molecule has 0 bridgehead atoms. The molecule has 6 heteroatoms. The maximum atomic E-state index is 5.98. The third kappa shape index (κ3) is 2.43. The van der Waals surface area contributed by atoms with Gasteiger partial charge in [0.15, 0.2) is 0 Å². The predicted octanol–water partition coefficient (Wildman–Crippen LogP) is 4.15. The van der Waals surface area contributed by atoms with Gasteiger partial charge in [-0.15, -0.1) is 0 Å². The van der Waals surface area contributed by atoms with E-state index in [1.165, 1.54) is 0 Å². The highest BCUT2D eigenvalue weighted by atomic mass is 35.5. The minimum absolute atomic E-state index is 0.594. The summed E-state index contributed by atoms with van der Waals surface area (Å²) in [5, 5.41) is 0.594. The summed E-state index contributed by atoms with van der Waals surface area (Å²) < 4.78 is 1.98. The van der Waals surface area contributed by atoms with E-state index in [0.29, 0.717) is 5.02 Å². The molecule has 5 nitrogen and oxygen atoms in total. The number of nitrogens with zero attached hydrogens (tertiary/aromatic N) is 5. The lowest BCUT2D eigenvalue weighted by atomic mass is 10.1. The zero-order chi connectivity index (χ0) is 16.7. The lowest BCUT2D eigenvalue weighted by Crippen LogP contribution is -2.01. The molecular weight excluding hydrogens is 322 g/mol. The Labute approximate surface area is 144 Å². The molecule has 0 spiro atoms. The summed E-state index contributed by atoms with van der Waals surface area (Å²) in [5.74, 6) is 1.53. The Morgan fingerprint density at radius 2 is 1.88 bits per heavy atom. The highest BCUT2D eigenvalue weighted by Crippen LogP contribution is 2.29. The summed E-state index contributed by atoms with van der Waals surface area (Å²) in [6.07, 6.45) is 7.01. The van der Waals surface area contributed by atoms with Crippen LogP contribution < -0.4 is 0 Å². The van der Waals surface area contributed by atoms with Crippen molar-refractivity contribution in [2.45, 2.75) is 13.8 Å². The molecule has 24 heavy (non-hydrogen) atoms. The van der Waals surface area contributed by atoms with Crippen molar-refractivity contribution >= 4 is 22.6 Å². The van der Waals surface area contributed by atoms with Crippen molar-refractivity contribution < 1.29 is 0 Å². The maximum absolute atomic E-state index is 5.98. The lowest BCUT2D eigenvalue weighted by molar-refractivity contribution is 1.02. The first-order valence-corrected chi connectivity index (χ1v) is 7.89. The topological polar surface area (TPSA) is 56.5 Å². The molecule has 0 saturated carbocycles. The van der Waals surface area contributed by atoms with Crippen molar-refractivity contribution in [1.29, 1.82) is 0 Å². The summed E-state index contributed by atoms with van der Waals surface area (Å²) in [4.78, 5) is 17.9.